The molecule has 0 fully saturated rings. The van der Waals surface area contributed by atoms with Gasteiger partial charge in [0.25, 0.3) is 0 Å². The van der Waals surface area contributed by atoms with Crippen molar-refractivity contribution in [3.8, 4) is 0 Å². The van der Waals surface area contributed by atoms with Gasteiger partial charge in [0.2, 0.25) is 0 Å². The van der Waals surface area contributed by atoms with Crippen LogP contribution in [0.2, 0.25) is 0 Å². The lowest BCUT2D eigenvalue weighted by Crippen LogP contribution is -2.25. The minimum absolute atomic E-state index is 0.365. The van der Waals surface area contributed by atoms with Crippen molar-refractivity contribution in [1.82, 2.24) is 4.90 Å². The van der Waals surface area contributed by atoms with Crippen LogP contribution in [-0.4, -0.2) is 30.1 Å². The molecular weight excluding hydrogens is 208 g/mol. The van der Waals surface area contributed by atoms with E-state index in [2.05, 4.69) is 18.0 Å². The summed E-state index contributed by atoms with van der Waals surface area (Å²) in [6.07, 6.45) is 1.41. The van der Waals surface area contributed by atoms with E-state index >= 15 is 0 Å². The molecule has 0 saturated heterocycles. The highest BCUT2D eigenvalue weighted by Gasteiger charge is 2.19. The number of hydrogen-bond acceptors (Lipinski definition) is 4. The molecule has 0 radical (unpaired) electrons. The highest BCUT2D eigenvalue weighted by Crippen LogP contribution is 2.32. The third-order valence-corrected chi connectivity index (χ3v) is 4.18. The molecule has 1 aliphatic heterocycles. The Hall–Kier alpha value is -0.420. The lowest BCUT2D eigenvalue weighted by atomic mass is 10.1. The van der Waals surface area contributed by atoms with Crippen molar-refractivity contribution in [2.24, 2.45) is 5.73 Å². The Bertz CT molecular complexity index is 337. The molecule has 84 valence electrons. The lowest BCUT2D eigenvalue weighted by Gasteiger charge is -2.21. The van der Waals surface area contributed by atoms with Crippen molar-refractivity contribution in [3.63, 3.8) is 0 Å². The van der Waals surface area contributed by atoms with Crippen molar-refractivity contribution in [2.75, 3.05) is 20.1 Å². The van der Waals surface area contributed by atoms with Crippen molar-refractivity contribution in [2.45, 2.75) is 25.5 Å². The van der Waals surface area contributed by atoms with Crippen LogP contribution >= 0.6 is 11.3 Å². The Balaban J connectivity index is 2.15. The lowest BCUT2D eigenvalue weighted by molar-refractivity contribution is 0.174. The Morgan fingerprint density at radius 2 is 2.47 bits per heavy atom. The number of aliphatic hydroxyl groups excluding tert-OH is 1. The van der Waals surface area contributed by atoms with Gasteiger partial charge in [-0.15, -0.1) is 11.3 Å². The second-order valence-corrected chi connectivity index (χ2v) is 5.35. The fraction of sp³-hybridized carbons (Fsp3) is 0.636. The third-order valence-electron chi connectivity index (χ3n) is 2.85. The van der Waals surface area contributed by atoms with Crippen LogP contribution in [0.25, 0.3) is 0 Å². The minimum atomic E-state index is -0.365. The van der Waals surface area contributed by atoms with Gasteiger partial charge in [0, 0.05) is 22.8 Å². The van der Waals surface area contributed by atoms with Crippen LogP contribution in [0.5, 0.6) is 0 Å². The summed E-state index contributed by atoms with van der Waals surface area (Å²) >= 11 is 1.75. The molecule has 2 rings (SSSR count). The molecular formula is C11H18N2OS. The zero-order valence-electron chi connectivity index (χ0n) is 9.07. The largest absolute Gasteiger partial charge is 0.388 e. The number of likely N-dealkylation sites (N-methyl/N-ethyl adjacent to an activating group) is 1. The topological polar surface area (TPSA) is 49.5 Å². The molecule has 0 saturated carbocycles. The van der Waals surface area contributed by atoms with Crippen molar-refractivity contribution in [1.29, 1.82) is 0 Å². The van der Waals surface area contributed by atoms with Gasteiger partial charge in [-0.05, 0) is 38.1 Å². The van der Waals surface area contributed by atoms with Crippen molar-refractivity contribution in [3.05, 3.63) is 21.4 Å². The molecule has 0 aliphatic carbocycles. The Morgan fingerprint density at radius 3 is 3.20 bits per heavy atom. The first kappa shape index (κ1) is 11.1. The quantitative estimate of drug-likeness (QED) is 0.812. The predicted octanol–water partition coefficient (Wildman–Crippen LogP) is 1.12. The van der Waals surface area contributed by atoms with E-state index in [1.54, 1.807) is 11.3 Å². The molecule has 0 aromatic carbocycles. The monoisotopic (exact) mass is 226 g/mol. The van der Waals surface area contributed by atoms with Crippen LogP contribution < -0.4 is 5.73 Å². The molecule has 0 amide bonds. The molecule has 0 spiro atoms. The van der Waals surface area contributed by atoms with Crippen LogP contribution in [-0.2, 0) is 13.0 Å². The van der Waals surface area contributed by atoms with Crippen LogP contribution in [0.15, 0.2) is 6.07 Å². The molecule has 2 heterocycles. The number of rotatable bonds is 3. The van der Waals surface area contributed by atoms with E-state index < -0.39 is 0 Å². The minimum Gasteiger partial charge on any atom is -0.388 e. The van der Waals surface area contributed by atoms with Gasteiger partial charge < -0.3 is 15.7 Å². The summed E-state index contributed by atoms with van der Waals surface area (Å²) in [7, 11) is 2.14. The summed E-state index contributed by atoms with van der Waals surface area (Å²) in [5, 5.41) is 9.85. The first-order valence-corrected chi connectivity index (χ1v) is 6.20. The highest BCUT2D eigenvalue weighted by molar-refractivity contribution is 7.12. The summed E-state index contributed by atoms with van der Waals surface area (Å²) in [5.74, 6) is 0. The normalized spacial score (nSPS) is 18.9. The summed E-state index contributed by atoms with van der Waals surface area (Å²) in [4.78, 5) is 4.84. The van der Waals surface area contributed by atoms with Crippen molar-refractivity contribution < 1.29 is 5.11 Å². The van der Waals surface area contributed by atoms with Gasteiger partial charge in [-0.1, -0.05) is 0 Å². The summed E-state index contributed by atoms with van der Waals surface area (Å²) in [5.41, 5.74) is 6.84. The van der Waals surface area contributed by atoms with E-state index in [1.807, 2.05) is 0 Å². The maximum atomic E-state index is 9.85. The molecule has 1 aliphatic rings. The first-order chi connectivity index (χ1) is 7.20. The Kier molecular flexibility index (Phi) is 3.41. The van der Waals surface area contributed by atoms with E-state index in [9.17, 15) is 5.11 Å². The van der Waals surface area contributed by atoms with Gasteiger partial charge in [0.15, 0.2) is 0 Å². The number of aliphatic hydroxyl groups is 1. The standard InChI is InChI=1S/C11H18N2OS/c1-13-5-3-10-8(7-13)6-11(15-10)9(14)2-4-12/h6,9,14H,2-5,7,12H2,1H3. The van der Waals surface area contributed by atoms with E-state index in [0.717, 1.165) is 24.4 Å². The van der Waals surface area contributed by atoms with Crippen LogP contribution in [0.4, 0.5) is 0 Å². The molecule has 3 N–H and O–H groups in total. The molecule has 3 nitrogen and oxygen atoms in total. The maximum absolute atomic E-state index is 9.85. The van der Waals surface area contributed by atoms with Gasteiger partial charge >= 0.3 is 0 Å². The van der Waals surface area contributed by atoms with Crippen LogP contribution in [0.3, 0.4) is 0 Å². The average molecular weight is 226 g/mol. The predicted molar refractivity (Wildman–Crippen MR) is 63.0 cm³/mol. The Morgan fingerprint density at radius 1 is 1.67 bits per heavy atom. The van der Waals surface area contributed by atoms with Crippen molar-refractivity contribution >= 4 is 11.3 Å². The van der Waals surface area contributed by atoms with E-state index in [-0.39, 0.29) is 6.10 Å². The Labute approximate surface area is 94.5 Å². The fourth-order valence-corrected chi connectivity index (χ4v) is 3.15. The molecule has 1 aromatic rings. The molecule has 1 unspecified atom stereocenters. The molecule has 15 heavy (non-hydrogen) atoms. The van der Waals surface area contributed by atoms with E-state index in [1.165, 1.54) is 10.4 Å². The maximum Gasteiger partial charge on any atom is 0.0894 e. The SMILES string of the molecule is CN1CCc2sc(C(O)CCN)cc2C1. The van der Waals surface area contributed by atoms with Crippen LogP contribution in [0, 0.1) is 0 Å². The van der Waals surface area contributed by atoms with E-state index in [0.29, 0.717) is 13.0 Å². The molecule has 0 bridgehead atoms. The van der Waals surface area contributed by atoms with Gasteiger partial charge in [0.05, 0.1) is 6.10 Å². The van der Waals surface area contributed by atoms with Gasteiger partial charge in [-0.3, -0.25) is 0 Å². The fourth-order valence-electron chi connectivity index (χ4n) is 1.96. The first-order valence-electron chi connectivity index (χ1n) is 5.39. The zero-order valence-corrected chi connectivity index (χ0v) is 9.89. The number of nitrogens with two attached hydrogens (primary N) is 1. The molecule has 1 aromatic heterocycles. The number of hydrogen-bond donors (Lipinski definition) is 2. The molecule has 1 atom stereocenters. The highest BCUT2D eigenvalue weighted by atomic mass is 32.1. The summed E-state index contributed by atoms with van der Waals surface area (Å²) in [6.45, 7) is 2.69. The van der Waals surface area contributed by atoms with Gasteiger partial charge in [0.1, 0.15) is 0 Å². The zero-order chi connectivity index (χ0) is 10.8. The summed E-state index contributed by atoms with van der Waals surface area (Å²) in [6, 6.07) is 2.15. The second kappa shape index (κ2) is 4.61. The summed E-state index contributed by atoms with van der Waals surface area (Å²) < 4.78 is 0. The molecule has 4 heteroatoms. The number of thiophene rings is 1. The average Bonchev–Trinajstić information content (AvgIpc) is 2.60. The smallest absolute Gasteiger partial charge is 0.0894 e. The van der Waals surface area contributed by atoms with Crippen LogP contribution in [0.1, 0.15) is 27.8 Å². The number of fused-ring (bicyclic) bond motifs is 1. The van der Waals surface area contributed by atoms with Gasteiger partial charge in [-0.25, -0.2) is 0 Å². The van der Waals surface area contributed by atoms with E-state index in [4.69, 9.17) is 5.73 Å². The second-order valence-electron chi connectivity index (χ2n) is 4.18. The van der Waals surface area contributed by atoms with Gasteiger partial charge in [-0.2, -0.15) is 0 Å². The third kappa shape index (κ3) is 2.39. The number of nitrogens with zero attached hydrogens (tertiary/aromatic N) is 1.